The van der Waals surface area contributed by atoms with Crippen LogP contribution in [0.15, 0.2) is 60.7 Å². The monoisotopic (exact) mass is 534 g/mol. The molecule has 8 aliphatic rings. The maximum absolute atomic E-state index is 2.58. The van der Waals surface area contributed by atoms with Crippen molar-refractivity contribution in [2.45, 2.75) is 141 Å². The molecule has 214 valence electrons. The van der Waals surface area contributed by atoms with Gasteiger partial charge in [-0.05, 0) is 131 Å². The average molecular weight is 535 g/mol. The summed E-state index contributed by atoms with van der Waals surface area (Å²) >= 11 is 0. The van der Waals surface area contributed by atoms with Crippen LogP contribution >= 0.6 is 0 Å². The molecule has 0 saturated heterocycles. The predicted octanol–water partition coefficient (Wildman–Crippen LogP) is 11.2. The molecule has 0 aliphatic heterocycles. The molecule has 2 aromatic rings. The summed E-state index contributed by atoms with van der Waals surface area (Å²) in [7, 11) is 0. The van der Waals surface area contributed by atoms with Crippen molar-refractivity contribution in [3.8, 4) is 0 Å². The van der Waals surface area contributed by atoms with Crippen LogP contribution in [0.4, 0.5) is 0 Å². The summed E-state index contributed by atoms with van der Waals surface area (Å²) in [6.07, 6.45) is 23.6. The Morgan fingerprint density at radius 1 is 0.375 bits per heavy atom. The largest absolute Gasteiger partial charge is 0.0649 e. The second kappa shape index (κ2) is 8.08. The van der Waals surface area contributed by atoms with Gasteiger partial charge in [0.2, 0.25) is 0 Å². The van der Waals surface area contributed by atoms with Crippen LogP contribution in [0.2, 0.25) is 0 Å². The summed E-state index contributed by atoms with van der Waals surface area (Å²) in [5.41, 5.74) is 7.38. The van der Waals surface area contributed by atoms with Gasteiger partial charge in [0.25, 0.3) is 0 Å². The zero-order valence-corrected chi connectivity index (χ0v) is 26.1. The van der Waals surface area contributed by atoms with Crippen LogP contribution < -0.4 is 0 Å². The summed E-state index contributed by atoms with van der Waals surface area (Å²) < 4.78 is 0. The number of rotatable bonds is 7. The molecule has 0 spiro atoms. The zero-order valence-electron chi connectivity index (χ0n) is 26.1. The molecule has 0 amide bonds. The lowest BCUT2D eigenvalue weighted by atomic mass is 9.23. The number of hydrogen-bond donors (Lipinski definition) is 0. The third kappa shape index (κ3) is 3.21. The minimum absolute atomic E-state index is 0.393. The van der Waals surface area contributed by atoms with Crippen LogP contribution in [0.1, 0.15) is 142 Å². The quantitative estimate of drug-likeness (QED) is 0.331. The highest BCUT2D eigenvalue weighted by atomic mass is 14.8. The zero-order chi connectivity index (χ0) is 27.5. The van der Waals surface area contributed by atoms with E-state index in [4.69, 9.17) is 0 Å². The summed E-state index contributed by atoms with van der Waals surface area (Å²) in [5, 5.41) is 0. The Bertz CT molecular complexity index is 1140. The summed E-state index contributed by atoms with van der Waals surface area (Å²) in [6.45, 7) is 10.3. The Balaban J connectivity index is 1.36. The maximum Gasteiger partial charge on any atom is -0.00309 e. The minimum Gasteiger partial charge on any atom is -0.0649 e. The lowest BCUT2D eigenvalue weighted by Gasteiger charge is -2.81. The molecule has 40 heavy (non-hydrogen) atoms. The van der Waals surface area contributed by atoms with E-state index in [1.165, 1.54) is 103 Å². The Hall–Kier alpha value is -1.56. The molecule has 2 aromatic carbocycles. The Morgan fingerprint density at radius 3 is 0.950 bits per heavy atom. The van der Waals surface area contributed by atoms with Crippen LogP contribution in [-0.4, -0.2) is 0 Å². The smallest absolute Gasteiger partial charge is 0.00309 e. The van der Waals surface area contributed by atoms with E-state index in [9.17, 15) is 0 Å². The van der Waals surface area contributed by atoms with Gasteiger partial charge >= 0.3 is 0 Å². The van der Waals surface area contributed by atoms with Crippen molar-refractivity contribution in [1.82, 2.24) is 0 Å². The van der Waals surface area contributed by atoms with Crippen LogP contribution in [0.5, 0.6) is 0 Å². The van der Waals surface area contributed by atoms with E-state index in [0.717, 1.165) is 0 Å². The van der Waals surface area contributed by atoms with Crippen molar-refractivity contribution < 1.29 is 0 Å². The standard InChI is InChI=1S/C40H54/c1-5-33-19-34(6-2)22-37(21-33,31-15-11-9-12-16-31)29-39(25-33,26-34)40-27-35(7-3)20-36(8-4,28-40)24-38(23-35,30-40)32-17-13-10-14-18-32/h9-18H,5-8,19-30H2,1-4H3. The van der Waals surface area contributed by atoms with Gasteiger partial charge in [0, 0.05) is 0 Å². The van der Waals surface area contributed by atoms with Crippen molar-refractivity contribution in [1.29, 1.82) is 0 Å². The summed E-state index contributed by atoms with van der Waals surface area (Å²) in [4.78, 5) is 0. The van der Waals surface area contributed by atoms with Gasteiger partial charge in [0.15, 0.2) is 0 Å². The summed E-state index contributed by atoms with van der Waals surface area (Å²) in [6, 6.07) is 24.1. The molecule has 0 heteroatoms. The highest BCUT2D eigenvalue weighted by Gasteiger charge is 2.77. The fourth-order valence-corrected chi connectivity index (χ4v) is 14.9. The van der Waals surface area contributed by atoms with Crippen molar-refractivity contribution in [3.63, 3.8) is 0 Å². The predicted molar refractivity (Wildman–Crippen MR) is 167 cm³/mol. The van der Waals surface area contributed by atoms with Gasteiger partial charge in [-0.3, -0.25) is 0 Å². The van der Waals surface area contributed by atoms with E-state index < -0.39 is 0 Å². The van der Waals surface area contributed by atoms with Gasteiger partial charge in [0.05, 0.1) is 0 Å². The molecule has 10 rings (SSSR count). The van der Waals surface area contributed by atoms with Crippen molar-refractivity contribution in [2.75, 3.05) is 0 Å². The highest BCUT2D eigenvalue weighted by molar-refractivity contribution is 5.39. The first-order chi connectivity index (χ1) is 19.2. The van der Waals surface area contributed by atoms with Crippen LogP contribution in [0.25, 0.3) is 0 Å². The van der Waals surface area contributed by atoms with Gasteiger partial charge in [0.1, 0.15) is 0 Å². The van der Waals surface area contributed by atoms with E-state index in [1.807, 2.05) is 0 Å². The molecule has 4 unspecified atom stereocenters. The molecule has 8 aliphatic carbocycles. The van der Waals surface area contributed by atoms with E-state index in [2.05, 4.69) is 88.4 Å². The van der Waals surface area contributed by atoms with Crippen molar-refractivity contribution >= 4 is 0 Å². The average Bonchev–Trinajstić information content (AvgIpc) is 2.97. The van der Waals surface area contributed by atoms with E-state index in [0.29, 0.717) is 43.3 Å². The number of benzene rings is 2. The Labute approximate surface area is 245 Å². The van der Waals surface area contributed by atoms with E-state index in [-0.39, 0.29) is 0 Å². The fraction of sp³-hybridized carbons (Fsp3) is 0.700. The van der Waals surface area contributed by atoms with Crippen LogP contribution in [0, 0.1) is 32.5 Å². The van der Waals surface area contributed by atoms with Gasteiger partial charge < -0.3 is 0 Å². The minimum atomic E-state index is 0.393. The second-order valence-electron chi connectivity index (χ2n) is 17.4. The Kier molecular flexibility index (Phi) is 5.27. The summed E-state index contributed by atoms with van der Waals surface area (Å²) in [5.74, 6) is 0. The molecule has 0 N–H and O–H groups in total. The van der Waals surface area contributed by atoms with E-state index >= 15 is 0 Å². The first-order valence-corrected chi connectivity index (χ1v) is 17.3. The van der Waals surface area contributed by atoms with Crippen LogP contribution in [-0.2, 0) is 10.8 Å². The fourth-order valence-electron chi connectivity index (χ4n) is 14.9. The maximum atomic E-state index is 2.58. The van der Waals surface area contributed by atoms with Gasteiger partial charge in [-0.2, -0.15) is 0 Å². The van der Waals surface area contributed by atoms with E-state index in [1.54, 1.807) is 11.1 Å². The molecule has 8 saturated carbocycles. The first-order valence-electron chi connectivity index (χ1n) is 17.3. The third-order valence-electron chi connectivity index (χ3n) is 15.5. The third-order valence-corrected chi connectivity index (χ3v) is 15.5. The van der Waals surface area contributed by atoms with Gasteiger partial charge in [-0.1, -0.05) is 114 Å². The van der Waals surface area contributed by atoms with Gasteiger partial charge in [-0.15, -0.1) is 0 Å². The molecule has 8 fully saturated rings. The molecule has 0 nitrogen and oxygen atoms in total. The lowest BCUT2D eigenvalue weighted by molar-refractivity contribution is -0.286. The normalized spacial score (nSPS) is 50.0. The lowest BCUT2D eigenvalue weighted by Crippen LogP contribution is -2.72. The number of hydrogen-bond acceptors (Lipinski definition) is 0. The molecular formula is C40H54. The molecular weight excluding hydrogens is 480 g/mol. The SMILES string of the molecule is CCC12CC3(CC)CC(c4ccccc4)(C1)CC(C14CC5(CC)CC(CC)(CC(c6ccccc6)(C5)C1)C4)(C2)C3. The Morgan fingerprint density at radius 2 is 0.675 bits per heavy atom. The molecule has 0 heterocycles. The second-order valence-corrected chi connectivity index (χ2v) is 17.4. The van der Waals surface area contributed by atoms with Crippen molar-refractivity contribution in [2.24, 2.45) is 32.5 Å². The first kappa shape index (κ1) is 26.1. The highest BCUT2D eigenvalue weighted by Crippen LogP contribution is 2.86. The van der Waals surface area contributed by atoms with Crippen LogP contribution in [0.3, 0.4) is 0 Å². The molecule has 8 bridgehead atoms. The van der Waals surface area contributed by atoms with Crippen molar-refractivity contribution in [3.05, 3.63) is 71.8 Å². The molecule has 4 atom stereocenters. The molecule has 0 radical (unpaired) electrons. The topological polar surface area (TPSA) is 0 Å². The molecule has 0 aromatic heterocycles. The van der Waals surface area contributed by atoms with Gasteiger partial charge in [-0.25, -0.2) is 0 Å².